The van der Waals surface area contributed by atoms with Gasteiger partial charge in [-0.25, -0.2) is 0 Å². The van der Waals surface area contributed by atoms with E-state index in [1.54, 1.807) is 0 Å². The summed E-state index contributed by atoms with van der Waals surface area (Å²) < 4.78 is 10.8. The summed E-state index contributed by atoms with van der Waals surface area (Å²) in [7, 11) is 0. The van der Waals surface area contributed by atoms with Crippen LogP contribution in [0, 0.1) is 0 Å². The predicted octanol–water partition coefficient (Wildman–Crippen LogP) is 1.71. The van der Waals surface area contributed by atoms with Gasteiger partial charge in [0.15, 0.2) is 5.79 Å². The van der Waals surface area contributed by atoms with Gasteiger partial charge in [-0.1, -0.05) is 12.2 Å². The first-order chi connectivity index (χ1) is 6.10. The Balaban J connectivity index is 4.33. The molecule has 0 unspecified atom stereocenters. The summed E-state index contributed by atoms with van der Waals surface area (Å²) in [6.07, 6.45) is 0.533. The van der Waals surface area contributed by atoms with Crippen LogP contribution in [0.5, 0.6) is 0 Å². The van der Waals surface area contributed by atoms with Crippen molar-refractivity contribution < 1.29 is 14.6 Å². The summed E-state index contributed by atoms with van der Waals surface area (Å²) in [6, 6.07) is 0. The molecule has 3 nitrogen and oxygen atoms in total. The summed E-state index contributed by atoms with van der Waals surface area (Å²) in [6.45, 7) is 10.3. The zero-order chi connectivity index (χ0) is 10.3. The highest BCUT2D eigenvalue weighted by Gasteiger charge is 2.30. The Kier molecular flexibility index (Phi) is 5.95. The summed E-state index contributed by atoms with van der Waals surface area (Å²) in [5.74, 6) is -0.880. The Bertz CT molecular complexity index is 148. The first kappa shape index (κ1) is 12.6. The molecule has 0 fully saturated rings. The lowest BCUT2D eigenvalue weighted by molar-refractivity contribution is -0.249. The van der Waals surface area contributed by atoms with Gasteiger partial charge in [-0.15, -0.1) is 0 Å². The van der Waals surface area contributed by atoms with Crippen LogP contribution in [0.25, 0.3) is 0 Å². The maximum absolute atomic E-state index is 9.20. The Labute approximate surface area is 80.4 Å². The van der Waals surface area contributed by atoms with Crippen LogP contribution in [0.2, 0.25) is 0 Å². The topological polar surface area (TPSA) is 38.7 Å². The lowest BCUT2D eigenvalue weighted by Crippen LogP contribution is -2.40. The Hall–Kier alpha value is -0.380. The monoisotopic (exact) mass is 188 g/mol. The SMILES string of the molecule is C=C(C)CC(CO)(OCC)OCC. The van der Waals surface area contributed by atoms with Crippen LogP contribution < -0.4 is 0 Å². The van der Waals surface area contributed by atoms with Gasteiger partial charge < -0.3 is 14.6 Å². The number of rotatable bonds is 7. The number of ether oxygens (including phenoxy) is 2. The van der Waals surface area contributed by atoms with Gasteiger partial charge in [0, 0.05) is 19.6 Å². The van der Waals surface area contributed by atoms with Crippen LogP contribution in [0.4, 0.5) is 0 Å². The molecule has 0 aliphatic carbocycles. The number of hydrogen-bond acceptors (Lipinski definition) is 3. The summed E-state index contributed by atoms with van der Waals surface area (Å²) in [4.78, 5) is 0. The molecule has 0 aliphatic heterocycles. The van der Waals surface area contributed by atoms with Crippen molar-refractivity contribution in [1.29, 1.82) is 0 Å². The third-order valence-corrected chi connectivity index (χ3v) is 1.63. The molecule has 0 aliphatic rings. The lowest BCUT2D eigenvalue weighted by atomic mass is 10.1. The van der Waals surface area contributed by atoms with Crippen molar-refractivity contribution in [2.24, 2.45) is 0 Å². The first-order valence-electron chi connectivity index (χ1n) is 4.63. The molecule has 0 spiro atoms. The van der Waals surface area contributed by atoms with Crippen LogP contribution in [0.3, 0.4) is 0 Å². The lowest BCUT2D eigenvalue weighted by Gasteiger charge is -2.31. The highest BCUT2D eigenvalue weighted by molar-refractivity contribution is 4.94. The second-order valence-corrected chi connectivity index (χ2v) is 3.07. The molecule has 0 radical (unpaired) electrons. The summed E-state index contributed by atoms with van der Waals surface area (Å²) in [5.41, 5.74) is 0.941. The van der Waals surface area contributed by atoms with Gasteiger partial charge in [0.2, 0.25) is 0 Å². The zero-order valence-corrected chi connectivity index (χ0v) is 8.80. The van der Waals surface area contributed by atoms with Gasteiger partial charge >= 0.3 is 0 Å². The molecule has 0 aromatic heterocycles. The fraction of sp³-hybridized carbons (Fsp3) is 0.800. The maximum atomic E-state index is 9.20. The molecule has 1 N–H and O–H groups in total. The van der Waals surface area contributed by atoms with E-state index >= 15 is 0 Å². The van der Waals surface area contributed by atoms with Crippen molar-refractivity contribution in [3.63, 3.8) is 0 Å². The van der Waals surface area contributed by atoms with Crippen molar-refractivity contribution >= 4 is 0 Å². The normalized spacial score (nSPS) is 11.7. The van der Waals surface area contributed by atoms with Gasteiger partial charge in [0.25, 0.3) is 0 Å². The number of hydrogen-bond donors (Lipinski definition) is 1. The van der Waals surface area contributed by atoms with E-state index in [1.165, 1.54) is 0 Å². The van der Waals surface area contributed by atoms with Crippen molar-refractivity contribution in [1.82, 2.24) is 0 Å². The van der Waals surface area contributed by atoms with E-state index in [1.807, 2.05) is 20.8 Å². The quantitative estimate of drug-likeness (QED) is 0.488. The van der Waals surface area contributed by atoms with Crippen LogP contribution in [0.15, 0.2) is 12.2 Å². The predicted molar refractivity (Wildman–Crippen MR) is 52.5 cm³/mol. The second kappa shape index (κ2) is 6.13. The molecule has 78 valence electrons. The Morgan fingerprint density at radius 2 is 1.77 bits per heavy atom. The van der Waals surface area contributed by atoms with Crippen LogP contribution in [-0.4, -0.2) is 30.7 Å². The van der Waals surface area contributed by atoms with Crippen molar-refractivity contribution in [3.05, 3.63) is 12.2 Å². The smallest absolute Gasteiger partial charge is 0.195 e. The van der Waals surface area contributed by atoms with Crippen molar-refractivity contribution in [2.45, 2.75) is 33.0 Å². The highest BCUT2D eigenvalue weighted by Crippen LogP contribution is 2.21. The average molecular weight is 188 g/mol. The van der Waals surface area contributed by atoms with Crippen LogP contribution in [0.1, 0.15) is 27.2 Å². The van der Waals surface area contributed by atoms with E-state index in [2.05, 4.69) is 6.58 Å². The van der Waals surface area contributed by atoms with E-state index in [4.69, 9.17) is 9.47 Å². The molecule has 0 saturated carbocycles. The molecule has 13 heavy (non-hydrogen) atoms. The minimum absolute atomic E-state index is 0.137. The molecule has 0 amide bonds. The largest absolute Gasteiger partial charge is 0.391 e. The van der Waals surface area contributed by atoms with Crippen molar-refractivity contribution in [2.75, 3.05) is 19.8 Å². The molecule has 0 heterocycles. The molecular weight excluding hydrogens is 168 g/mol. The number of aliphatic hydroxyl groups is 1. The highest BCUT2D eigenvalue weighted by atomic mass is 16.7. The van der Waals surface area contributed by atoms with Gasteiger partial charge in [-0.2, -0.15) is 0 Å². The third kappa shape index (κ3) is 4.41. The number of aliphatic hydroxyl groups excluding tert-OH is 1. The minimum atomic E-state index is -0.880. The molecule has 0 aromatic carbocycles. The summed E-state index contributed by atoms with van der Waals surface area (Å²) in [5, 5.41) is 9.20. The Morgan fingerprint density at radius 1 is 1.31 bits per heavy atom. The molecule has 0 atom stereocenters. The van der Waals surface area contributed by atoms with Crippen molar-refractivity contribution in [3.8, 4) is 0 Å². The third-order valence-electron chi connectivity index (χ3n) is 1.63. The van der Waals surface area contributed by atoms with E-state index in [0.717, 1.165) is 5.57 Å². The fourth-order valence-electron chi connectivity index (χ4n) is 1.28. The van der Waals surface area contributed by atoms with Crippen LogP contribution in [-0.2, 0) is 9.47 Å². The average Bonchev–Trinajstić information content (AvgIpc) is 2.04. The Morgan fingerprint density at radius 3 is 2.00 bits per heavy atom. The molecule has 0 rings (SSSR count). The first-order valence-corrected chi connectivity index (χ1v) is 4.63. The van der Waals surface area contributed by atoms with Crippen LogP contribution >= 0.6 is 0 Å². The van der Waals surface area contributed by atoms with Gasteiger partial charge in [0.1, 0.15) is 0 Å². The fourth-order valence-corrected chi connectivity index (χ4v) is 1.28. The molecule has 0 aromatic rings. The van der Waals surface area contributed by atoms with Gasteiger partial charge in [-0.3, -0.25) is 0 Å². The van der Waals surface area contributed by atoms with E-state index < -0.39 is 5.79 Å². The van der Waals surface area contributed by atoms with E-state index in [9.17, 15) is 5.11 Å². The summed E-state index contributed by atoms with van der Waals surface area (Å²) >= 11 is 0. The van der Waals surface area contributed by atoms with E-state index in [-0.39, 0.29) is 6.61 Å². The van der Waals surface area contributed by atoms with Gasteiger partial charge in [0.05, 0.1) is 6.61 Å². The van der Waals surface area contributed by atoms with Gasteiger partial charge in [-0.05, 0) is 20.8 Å². The molecule has 0 saturated heterocycles. The van der Waals surface area contributed by atoms with E-state index in [0.29, 0.717) is 19.6 Å². The maximum Gasteiger partial charge on any atom is 0.195 e. The molecular formula is C10H20O3. The zero-order valence-electron chi connectivity index (χ0n) is 8.80. The molecule has 0 bridgehead atoms. The second-order valence-electron chi connectivity index (χ2n) is 3.07. The standard InChI is InChI=1S/C10H20O3/c1-5-12-10(8-11,13-6-2)7-9(3)4/h11H,3,5-8H2,1-2,4H3. The minimum Gasteiger partial charge on any atom is -0.391 e. The molecule has 3 heteroatoms.